The van der Waals surface area contributed by atoms with Crippen LogP contribution in [-0.4, -0.2) is 80.0 Å². The molecule has 0 bridgehead atoms. The molecule has 0 spiro atoms. The number of benzene rings is 1. The third-order valence-corrected chi connectivity index (χ3v) is 5.11. The number of nitrogens with zero attached hydrogens (tertiary/aromatic N) is 3. The van der Waals surface area contributed by atoms with Gasteiger partial charge in [-0.05, 0) is 37.7 Å². The molecule has 2 heterocycles. The predicted molar refractivity (Wildman–Crippen MR) is 92.6 cm³/mol. The molecule has 0 aromatic heterocycles. The molecule has 1 amide bonds. The molecule has 5 heteroatoms. The lowest BCUT2D eigenvalue weighted by molar-refractivity contribution is 0.0743. The smallest absolute Gasteiger partial charge is 0.253 e. The molecule has 3 rings (SSSR count). The maximum atomic E-state index is 12.6. The zero-order valence-electron chi connectivity index (χ0n) is 14.3. The molecule has 23 heavy (non-hydrogen) atoms. The first-order valence-corrected chi connectivity index (χ1v) is 8.61. The van der Waals surface area contributed by atoms with E-state index in [0.29, 0.717) is 6.04 Å². The highest BCUT2D eigenvalue weighted by molar-refractivity contribution is 5.94. The highest BCUT2D eigenvalue weighted by atomic mass is 16.2. The Kier molecular flexibility index (Phi) is 5.30. The number of hydrogen-bond acceptors (Lipinski definition) is 4. The van der Waals surface area contributed by atoms with Crippen LogP contribution in [0.3, 0.4) is 0 Å². The van der Waals surface area contributed by atoms with Crippen molar-refractivity contribution in [1.29, 1.82) is 0 Å². The highest BCUT2D eigenvalue weighted by Crippen LogP contribution is 2.14. The monoisotopic (exact) mass is 316 g/mol. The van der Waals surface area contributed by atoms with Gasteiger partial charge < -0.3 is 15.1 Å². The molecule has 2 aliphatic rings. The summed E-state index contributed by atoms with van der Waals surface area (Å²) in [5.74, 6) is 0.129. The highest BCUT2D eigenvalue weighted by Gasteiger charge is 2.24. The van der Waals surface area contributed by atoms with E-state index in [9.17, 15) is 4.79 Å². The Morgan fingerprint density at radius 2 is 1.91 bits per heavy atom. The average Bonchev–Trinajstić information content (AvgIpc) is 3.11. The summed E-state index contributed by atoms with van der Waals surface area (Å²) >= 11 is 0. The van der Waals surface area contributed by atoms with Gasteiger partial charge in [-0.1, -0.05) is 12.1 Å². The second-order valence-corrected chi connectivity index (χ2v) is 6.84. The van der Waals surface area contributed by atoms with Crippen molar-refractivity contribution < 1.29 is 4.79 Å². The van der Waals surface area contributed by atoms with Crippen LogP contribution in [0.4, 0.5) is 0 Å². The van der Waals surface area contributed by atoms with Gasteiger partial charge in [-0.25, -0.2) is 0 Å². The minimum Gasteiger partial charge on any atom is -0.337 e. The van der Waals surface area contributed by atoms with Gasteiger partial charge in [0.1, 0.15) is 0 Å². The number of carbonyl (C=O) groups is 1. The van der Waals surface area contributed by atoms with Crippen LogP contribution in [0.1, 0.15) is 22.3 Å². The van der Waals surface area contributed by atoms with E-state index in [1.807, 2.05) is 24.1 Å². The first kappa shape index (κ1) is 16.4. The Hall–Kier alpha value is -1.43. The molecule has 2 saturated heterocycles. The maximum absolute atomic E-state index is 12.6. The third kappa shape index (κ3) is 4.10. The second kappa shape index (κ2) is 7.43. The van der Waals surface area contributed by atoms with Crippen LogP contribution in [0.2, 0.25) is 0 Å². The van der Waals surface area contributed by atoms with Crippen molar-refractivity contribution in [2.75, 3.05) is 53.4 Å². The summed E-state index contributed by atoms with van der Waals surface area (Å²) in [5, 5.41) is 3.31. The Bertz CT molecular complexity index is 516. The predicted octanol–water partition coefficient (Wildman–Crippen LogP) is 0.868. The number of amides is 1. The average molecular weight is 316 g/mol. The van der Waals surface area contributed by atoms with Crippen LogP contribution in [-0.2, 0) is 6.54 Å². The van der Waals surface area contributed by atoms with Gasteiger partial charge >= 0.3 is 0 Å². The van der Waals surface area contributed by atoms with Crippen LogP contribution in [0.5, 0.6) is 0 Å². The van der Waals surface area contributed by atoms with Gasteiger partial charge in [-0.3, -0.25) is 9.69 Å². The Balaban J connectivity index is 1.57. The summed E-state index contributed by atoms with van der Waals surface area (Å²) < 4.78 is 0. The van der Waals surface area contributed by atoms with Crippen molar-refractivity contribution in [3.05, 3.63) is 35.4 Å². The van der Waals surface area contributed by atoms with Crippen molar-refractivity contribution in [3.8, 4) is 0 Å². The number of nitrogens with one attached hydrogen (secondary N) is 1. The van der Waals surface area contributed by atoms with Crippen LogP contribution in [0, 0.1) is 0 Å². The molecule has 0 aliphatic carbocycles. The minimum atomic E-state index is 0.129. The van der Waals surface area contributed by atoms with E-state index in [0.717, 1.165) is 57.8 Å². The van der Waals surface area contributed by atoms with E-state index >= 15 is 0 Å². The Labute approximate surface area is 139 Å². The van der Waals surface area contributed by atoms with Gasteiger partial charge in [0.25, 0.3) is 5.91 Å². The summed E-state index contributed by atoms with van der Waals surface area (Å²) in [7, 11) is 4.09. The Morgan fingerprint density at radius 1 is 1.22 bits per heavy atom. The molecule has 5 nitrogen and oxygen atoms in total. The summed E-state index contributed by atoms with van der Waals surface area (Å²) in [4.78, 5) is 19.3. The molecule has 0 radical (unpaired) electrons. The van der Waals surface area contributed by atoms with Gasteiger partial charge in [0.15, 0.2) is 0 Å². The lowest BCUT2D eigenvalue weighted by Crippen LogP contribution is -2.43. The fourth-order valence-electron chi connectivity index (χ4n) is 3.36. The molecule has 1 aromatic carbocycles. The van der Waals surface area contributed by atoms with Crippen molar-refractivity contribution in [2.45, 2.75) is 19.0 Å². The maximum Gasteiger partial charge on any atom is 0.253 e. The molecule has 0 saturated carbocycles. The van der Waals surface area contributed by atoms with Crippen LogP contribution >= 0.6 is 0 Å². The number of piperazine rings is 1. The van der Waals surface area contributed by atoms with Gasteiger partial charge in [0.05, 0.1) is 0 Å². The minimum absolute atomic E-state index is 0.129. The zero-order chi connectivity index (χ0) is 16.2. The first-order chi connectivity index (χ1) is 11.1. The van der Waals surface area contributed by atoms with Crippen LogP contribution in [0.15, 0.2) is 24.3 Å². The van der Waals surface area contributed by atoms with E-state index in [1.54, 1.807) is 0 Å². The summed E-state index contributed by atoms with van der Waals surface area (Å²) in [5.41, 5.74) is 2.08. The first-order valence-electron chi connectivity index (χ1n) is 8.61. The molecular weight excluding hydrogens is 288 g/mol. The fourth-order valence-corrected chi connectivity index (χ4v) is 3.36. The van der Waals surface area contributed by atoms with Crippen LogP contribution < -0.4 is 5.32 Å². The standard InChI is InChI=1S/C18H28N4O/c1-20-9-11-22(12-10-20)14-15-3-5-16(6-4-15)18(23)21(2)17-7-8-19-13-17/h3-6,17,19H,7-14H2,1-2H3/t17-/m1/s1. The quantitative estimate of drug-likeness (QED) is 0.895. The Morgan fingerprint density at radius 3 is 2.52 bits per heavy atom. The van der Waals surface area contributed by atoms with Gasteiger partial charge in [-0.15, -0.1) is 0 Å². The summed E-state index contributed by atoms with van der Waals surface area (Å²) in [6, 6.07) is 8.49. The topological polar surface area (TPSA) is 38.8 Å². The molecule has 0 unspecified atom stereocenters. The lowest BCUT2D eigenvalue weighted by atomic mass is 10.1. The SMILES string of the molecule is CN1CCN(Cc2ccc(C(=O)N(C)[C@@H]3CCNC3)cc2)CC1. The van der Waals surface area contributed by atoms with Crippen LogP contribution in [0.25, 0.3) is 0 Å². The van der Waals surface area contributed by atoms with E-state index < -0.39 is 0 Å². The van der Waals surface area contributed by atoms with E-state index in [-0.39, 0.29) is 5.91 Å². The van der Waals surface area contributed by atoms with Gasteiger partial charge in [-0.2, -0.15) is 0 Å². The van der Waals surface area contributed by atoms with Crippen molar-refractivity contribution in [3.63, 3.8) is 0 Å². The van der Waals surface area contributed by atoms with Crippen molar-refractivity contribution >= 4 is 5.91 Å². The van der Waals surface area contributed by atoms with Crippen molar-refractivity contribution in [1.82, 2.24) is 20.0 Å². The molecule has 2 fully saturated rings. The lowest BCUT2D eigenvalue weighted by Gasteiger charge is -2.32. The van der Waals surface area contributed by atoms with E-state index in [2.05, 4.69) is 34.3 Å². The molecule has 1 aromatic rings. The third-order valence-electron chi connectivity index (χ3n) is 5.11. The fraction of sp³-hybridized carbons (Fsp3) is 0.611. The largest absolute Gasteiger partial charge is 0.337 e. The second-order valence-electron chi connectivity index (χ2n) is 6.84. The van der Waals surface area contributed by atoms with Crippen molar-refractivity contribution in [2.24, 2.45) is 0 Å². The number of hydrogen-bond donors (Lipinski definition) is 1. The molecule has 2 aliphatic heterocycles. The molecule has 1 N–H and O–H groups in total. The van der Waals surface area contributed by atoms with E-state index in [1.165, 1.54) is 5.56 Å². The van der Waals surface area contributed by atoms with E-state index in [4.69, 9.17) is 0 Å². The number of carbonyl (C=O) groups excluding carboxylic acids is 1. The number of rotatable bonds is 4. The number of likely N-dealkylation sites (N-methyl/N-ethyl adjacent to an activating group) is 2. The summed E-state index contributed by atoms with van der Waals surface area (Å²) in [6.07, 6.45) is 1.05. The molecule has 126 valence electrons. The zero-order valence-corrected chi connectivity index (χ0v) is 14.3. The normalized spacial score (nSPS) is 23.1. The summed E-state index contributed by atoms with van der Waals surface area (Å²) in [6.45, 7) is 7.40. The molecular formula is C18H28N4O. The van der Waals surface area contributed by atoms with Gasteiger partial charge in [0, 0.05) is 57.9 Å². The molecule has 1 atom stereocenters. The van der Waals surface area contributed by atoms with Gasteiger partial charge in [0.2, 0.25) is 0 Å².